The molecule has 6 N–H and O–H groups in total. The van der Waals surface area contributed by atoms with Gasteiger partial charge in [-0.25, -0.2) is 5.84 Å². The summed E-state index contributed by atoms with van der Waals surface area (Å²) in [5.41, 5.74) is 8.06. The smallest absolute Gasteiger partial charge is 0.422 e. The van der Waals surface area contributed by atoms with E-state index in [0.29, 0.717) is 13.0 Å². The molecule has 0 aliphatic carbocycles. The van der Waals surface area contributed by atoms with Gasteiger partial charge in [-0.15, -0.1) is 0 Å². The molecule has 0 radical (unpaired) electrons. The zero-order valence-electron chi connectivity index (χ0n) is 10.9. The van der Waals surface area contributed by atoms with Crippen LogP contribution in [0.5, 0.6) is 6.01 Å². The number of nitrogens with zero attached hydrogens (tertiary/aromatic N) is 3. The quantitative estimate of drug-likeness (QED) is 0.447. The monoisotopic (exact) mass is 308 g/mol. The lowest BCUT2D eigenvalue weighted by Crippen LogP contribution is -2.26. The standard InChI is InChI=1S/C10H15F3N6O2/c11-10(12,13)4-21-9-16-7(18-15)6(14)8(17-9)19-2-1-5(20)3-19/h5,20H,1-4,14-15H2,(H,16,17,18)/t5-/m0/s1. The molecule has 118 valence electrons. The third-order valence-electron chi connectivity index (χ3n) is 2.87. The summed E-state index contributed by atoms with van der Waals surface area (Å²) in [6, 6.07) is -0.495. The van der Waals surface area contributed by atoms with Gasteiger partial charge < -0.3 is 25.9 Å². The number of hydrazine groups is 1. The lowest BCUT2D eigenvalue weighted by atomic mass is 10.3. The molecule has 0 aromatic carbocycles. The number of aliphatic hydroxyl groups is 1. The number of anilines is 3. The highest BCUT2D eigenvalue weighted by Gasteiger charge is 2.30. The molecule has 0 amide bonds. The van der Waals surface area contributed by atoms with E-state index in [4.69, 9.17) is 11.6 Å². The van der Waals surface area contributed by atoms with Crippen LogP contribution in [-0.4, -0.2) is 47.1 Å². The molecule has 0 bridgehead atoms. The average Bonchev–Trinajstić information content (AvgIpc) is 2.83. The minimum absolute atomic E-state index is 0.0430. The van der Waals surface area contributed by atoms with E-state index in [1.54, 1.807) is 4.90 Å². The van der Waals surface area contributed by atoms with Gasteiger partial charge in [-0.2, -0.15) is 23.1 Å². The Hall–Kier alpha value is -2.01. The van der Waals surface area contributed by atoms with Crippen molar-refractivity contribution in [3.05, 3.63) is 0 Å². The lowest BCUT2D eigenvalue weighted by Gasteiger charge is -2.20. The number of hydrogen-bond acceptors (Lipinski definition) is 8. The first-order chi connectivity index (χ1) is 9.80. The van der Waals surface area contributed by atoms with Crippen molar-refractivity contribution < 1.29 is 23.0 Å². The van der Waals surface area contributed by atoms with Gasteiger partial charge >= 0.3 is 12.2 Å². The summed E-state index contributed by atoms with van der Waals surface area (Å²) in [7, 11) is 0. The maximum Gasteiger partial charge on any atom is 0.422 e. The molecule has 1 aliphatic heterocycles. The molecule has 0 spiro atoms. The summed E-state index contributed by atoms with van der Waals surface area (Å²) in [6.07, 6.45) is -4.55. The second-order valence-electron chi connectivity index (χ2n) is 4.53. The van der Waals surface area contributed by atoms with Gasteiger partial charge in [0.25, 0.3) is 0 Å². The van der Waals surface area contributed by atoms with Gasteiger partial charge in [0.1, 0.15) is 5.69 Å². The van der Waals surface area contributed by atoms with Crippen LogP contribution in [0.3, 0.4) is 0 Å². The third-order valence-corrected chi connectivity index (χ3v) is 2.87. The van der Waals surface area contributed by atoms with Crippen molar-refractivity contribution in [1.82, 2.24) is 9.97 Å². The van der Waals surface area contributed by atoms with E-state index in [-0.39, 0.29) is 23.9 Å². The zero-order chi connectivity index (χ0) is 15.6. The minimum Gasteiger partial charge on any atom is -0.454 e. The normalized spacial score (nSPS) is 18.9. The van der Waals surface area contributed by atoms with Crippen LogP contribution < -0.4 is 26.6 Å². The van der Waals surface area contributed by atoms with Crippen molar-refractivity contribution in [3.63, 3.8) is 0 Å². The van der Waals surface area contributed by atoms with Gasteiger partial charge in [0.2, 0.25) is 0 Å². The first-order valence-corrected chi connectivity index (χ1v) is 6.07. The first kappa shape index (κ1) is 15.4. The average molecular weight is 308 g/mol. The highest BCUT2D eigenvalue weighted by atomic mass is 19.4. The Kier molecular flexibility index (Phi) is 4.23. The summed E-state index contributed by atoms with van der Waals surface area (Å²) < 4.78 is 41.0. The van der Waals surface area contributed by atoms with Gasteiger partial charge in [0.05, 0.1) is 6.10 Å². The fourth-order valence-corrected chi connectivity index (χ4v) is 1.93. The summed E-state index contributed by atoms with van der Waals surface area (Å²) in [6.45, 7) is -0.794. The maximum absolute atomic E-state index is 12.2. The van der Waals surface area contributed by atoms with Crippen LogP contribution in [0.15, 0.2) is 0 Å². The van der Waals surface area contributed by atoms with Gasteiger partial charge in [-0.1, -0.05) is 0 Å². The molecule has 0 saturated carbocycles. The van der Waals surface area contributed by atoms with Crippen LogP contribution >= 0.6 is 0 Å². The highest BCUT2D eigenvalue weighted by Crippen LogP contribution is 2.31. The van der Waals surface area contributed by atoms with Crippen LogP contribution in [-0.2, 0) is 0 Å². The number of aromatic nitrogens is 2. The number of alkyl halides is 3. The van der Waals surface area contributed by atoms with E-state index in [2.05, 4.69) is 20.1 Å². The Balaban J connectivity index is 2.26. The van der Waals surface area contributed by atoms with Gasteiger partial charge in [-0.3, -0.25) is 0 Å². The Morgan fingerprint density at radius 1 is 1.43 bits per heavy atom. The molecular weight excluding hydrogens is 293 g/mol. The molecule has 1 aromatic rings. The summed E-state index contributed by atoms with van der Waals surface area (Å²) in [5.74, 6) is 5.36. The molecule has 1 aliphatic rings. The van der Waals surface area contributed by atoms with Crippen molar-refractivity contribution in [1.29, 1.82) is 0 Å². The number of halogens is 3. The minimum atomic E-state index is -4.51. The fraction of sp³-hybridized carbons (Fsp3) is 0.600. The number of nitrogens with one attached hydrogen (secondary N) is 1. The van der Waals surface area contributed by atoms with Crippen molar-refractivity contribution in [3.8, 4) is 6.01 Å². The Labute approximate surface area is 117 Å². The molecule has 21 heavy (non-hydrogen) atoms. The number of β-amino-alcohol motifs (C(OH)–C–C–N with tert-alkyl or cyclic N) is 1. The van der Waals surface area contributed by atoms with E-state index < -0.39 is 24.9 Å². The molecule has 0 unspecified atom stereocenters. The summed E-state index contributed by atoms with van der Waals surface area (Å²) in [4.78, 5) is 9.15. The van der Waals surface area contributed by atoms with Crippen molar-refractivity contribution in [2.75, 3.05) is 35.8 Å². The molecule has 1 saturated heterocycles. The topological polar surface area (TPSA) is 123 Å². The van der Waals surface area contributed by atoms with E-state index in [1.807, 2.05) is 0 Å². The number of nitrogen functional groups attached to an aromatic ring is 2. The van der Waals surface area contributed by atoms with E-state index in [0.717, 1.165) is 0 Å². The largest absolute Gasteiger partial charge is 0.454 e. The first-order valence-electron chi connectivity index (χ1n) is 6.07. The predicted molar refractivity (Wildman–Crippen MR) is 68.6 cm³/mol. The lowest BCUT2D eigenvalue weighted by molar-refractivity contribution is -0.154. The van der Waals surface area contributed by atoms with Crippen LogP contribution in [0.4, 0.5) is 30.5 Å². The van der Waals surface area contributed by atoms with Crippen LogP contribution in [0.2, 0.25) is 0 Å². The second-order valence-corrected chi connectivity index (χ2v) is 4.53. The second kappa shape index (κ2) is 5.77. The zero-order valence-corrected chi connectivity index (χ0v) is 10.9. The van der Waals surface area contributed by atoms with E-state index >= 15 is 0 Å². The van der Waals surface area contributed by atoms with Crippen molar-refractivity contribution >= 4 is 17.3 Å². The fourth-order valence-electron chi connectivity index (χ4n) is 1.93. The summed E-state index contributed by atoms with van der Waals surface area (Å²) >= 11 is 0. The Bertz CT molecular complexity index is 512. The van der Waals surface area contributed by atoms with Crippen molar-refractivity contribution in [2.24, 2.45) is 5.84 Å². The number of ether oxygens (including phenoxy) is 1. The van der Waals surface area contributed by atoms with E-state index in [1.165, 1.54) is 0 Å². The molecule has 2 heterocycles. The third kappa shape index (κ3) is 3.76. The highest BCUT2D eigenvalue weighted by molar-refractivity contribution is 5.75. The van der Waals surface area contributed by atoms with Crippen LogP contribution in [0.25, 0.3) is 0 Å². The number of rotatable bonds is 4. The van der Waals surface area contributed by atoms with Gasteiger partial charge in [0.15, 0.2) is 18.2 Å². The van der Waals surface area contributed by atoms with Crippen LogP contribution in [0, 0.1) is 0 Å². The van der Waals surface area contributed by atoms with Gasteiger partial charge in [-0.05, 0) is 6.42 Å². The molecule has 2 rings (SSSR count). The predicted octanol–water partition coefficient (Wildman–Crippen LogP) is -0.144. The molecule has 1 fully saturated rings. The molecule has 1 atom stereocenters. The van der Waals surface area contributed by atoms with Crippen LogP contribution in [0.1, 0.15) is 6.42 Å². The Morgan fingerprint density at radius 2 is 2.14 bits per heavy atom. The van der Waals surface area contributed by atoms with Crippen molar-refractivity contribution in [2.45, 2.75) is 18.7 Å². The number of nitrogens with two attached hydrogens (primary N) is 2. The maximum atomic E-state index is 12.2. The number of aliphatic hydroxyl groups excluding tert-OH is 1. The molecule has 8 nitrogen and oxygen atoms in total. The van der Waals surface area contributed by atoms with E-state index in [9.17, 15) is 18.3 Å². The van der Waals surface area contributed by atoms with Gasteiger partial charge in [0, 0.05) is 13.1 Å². The SMILES string of the molecule is NNc1nc(OCC(F)(F)F)nc(N2CC[C@H](O)C2)c1N. The molecule has 1 aromatic heterocycles. The molecule has 11 heteroatoms. The Morgan fingerprint density at radius 3 is 2.67 bits per heavy atom. The number of hydrogen-bond donors (Lipinski definition) is 4. The summed E-state index contributed by atoms with van der Waals surface area (Å²) in [5, 5.41) is 9.51. The molecular formula is C10H15F3N6O2.